The van der Waals surface area contributed by atoms with Crippen LogP contribution in [0.2, 0.25) is 0 Å². The molecular weight excluding hydrogens is 552 g/mol. The first-order chi connectivity index (χ1) is 18.4. The van der Waals surface area contributed by atoms with E-state index in [2.05, 4.69) is 29.8 Å². The van der Waals surface area contributed by atoms with E-state index in [-0.39, 0.29) is 17.4 Å². The maximum atomic E-state index is 12.6. The Morgan fingerprint density at radius 2 is 1.57 bits per heavy atom. The van der Waals surface area contributed by atoms with Gasteiger partial charge in [0.25, 0.3) is 5.91 Å². The van der Waals surface area contributed by atoms with Gasteiger partial charge in [0.15, 0.2) is 0 Å². The first-order valence-corrected chi connectivity index (χ1v) is 11.9. The average Bonchev–Trinajstić information content (AvgIpc) is 3.32. The van der Waals surface area contributed by atoms with Crippen LogP contribution in [0.4, 0.5) is 26.3 Å². The Morgan fingerprint density at radius 3 is 2.00 bits per heavy atom. The van der Waals surface area contributed by atoms with Gasteiger partial charge in [-0.15, -0.1) is 0 Å². The zero-order valence-corrected chi connectivity index (χ0v) is 21.8. The number of rotatable bonds is 3. The summed E-state index contributed by atoms with van der Waals surface area (Å²) in [7, 11) is 1.92. The number of alkyl halides is 6. The molecule has 1 amide bonds. The highest BCUT2D eigenvalue weighted by Gasteiger charge is 2.46. The van der Waals surface area contributed by atoms with E-state index in [0.29, 0.717) is 0 Å². The summed E-state index contributed by atoms with van der Waals surface area (Å²) in [6, 6.07) is 4.39. The molecule has 0 aliphatic carbocycles. The molecule has 16 heteroatoms. The number of amides is 1. The molecule has 2 aliphatic rings. The number of halogens is 6. The number of hydrogen-bond donors (Lipinski definition) is 2. The minimum Gasteiger partial charge on any atom is -0.475 e. The third-order valence-corrected chi connectivity index (χ3v) is 6.31. The quantitative estimate of drug-likeness (QED) is 0.525. The molecule has 2 aromatic rings. The van der Waals surface area contributed by atoms with Gasteiger partial charge in [-0.2, -0.15) is 31.4 Å². The number of pyridine rings is 1. The lowest BCUT2D eigenvalue weighted by molar-refractivity contribution is -0.193. The molecule has 0 unspecified atom stereocenters. The summed E-state index contributed by atoms with van der Waals surface area (Å²) in [6.45, 7) is 7.96. The number of nitrogens with zero attached hydrogens (tertiary/aromatic N) is 5. The van der Waals surface area contributed by atoms with Crippen LogP contribution in [0.5, 0.6) is 0 Å². The predicted molar refractivity (Wildman–Crippen MR) is 127 cm³/mol. The van der Waals surface area contributed by atoms with Gasteiger partial charge in [-0.1, -0.05) is 6.07 Å². The van der Waals surface area contributed by atoms with Crippen molar-refractivity contribution in [1.29, 1.82) is 0 Å². The number of carboxylic acid groups (broad SMARTS) is 2. The zero-order chi connectivity index (χ0) is 30.5. The summed E-state index contributed by atoms with van der Waals surface area (Å²) < 4.78 is 65.4. The van der Waals surface area contributed by atoms with Crippen LogP contribution in [-0.4, -0.2) is 91.7 Å². The van der Waals surface area contributed by atoms with Crippen LogP contribution in [-0.2, 0) is 21.5 Å². The number of carbonyl (C=O) groups excluding carboxylic acids is 1. The van der Waals surface area contributed by atoms with Crippen LogP contribution >= 0.6 is 0 Å². The van der Waals surface area contributed by atoms with Crippen molar-refractivity contribution in [2.45, 2.75) is 57.0 Å². The Balaban J connectivity index is 0.000000333. The molecule has 40 heavy (non-hydrogen) atoms. The summed E-state index contributed by atoms with van der Waals surface area (Å²) in [4.78, 5) is 39.0. The van der Waals surface area contributed by atoms with Crippen molar-refractivity contribution in [3.63, 3.8) is 0 Å². The van der Waals surface area contributed by atoms with E-state index < -0.39 is 24.3 Å². The molecule has 2 aromatic heterocycles. The van der Waals surface area contributed by atoms with Gasteiger partial charge in [0.1, 0.15) is 0 Å². The molecule has 0 saturated carbocycles. The topological polar surface area (TPSA) is 129 Å². The Kier molecular flexibility index (Phi) is 10.3. The van der Waals surface area contributed by atoms with E-state index in [1.54, 1.807) is 0 Å². The largest absolute Gasteiger partial charge is 0.490 e. The van der Waals surface area contributed by atoms with Crippen molar-refractivity contribution >= 4 is 17.8 Å². The molecule has 2 N–H and O–H groups in total. The molecule has 222 valence electrons. The number of carboxylic acids is 2. The molecule has 10 nitrogen and oxygen atoms in total. The van der Waals surface area contributed by atoms with Gasteiger partial charge in [-0.3, -0.25) is 19.4 Å². The highest BCUT2D eigenvalue weighted by molar-refractivity contribution is 5.96. The summed E-state index contributed by atoms with van der Waals surface area (Å²) in [5.74, 6) is -5.41. The minimum atomic E-state index is -5.08. The van der Waals surface area contributed by atoms with Crippen LogP contribution in [0.15, 0.2) is 30.7 Å². The van der Waals surface area contributed by atoms with Crippen LogP contribution in [0, 0.1) is 0 Å². The second-order valence-corrected chi connectivity index (χ2v) is 9.65. The maximum absolute atomic E-state index is 12.6. The fraction of sp³-hybridized carbons (Fsp3) is 0.542. The molecule has 4 rings (SSSR count). The first kappa shape index (κ1) is 32.5. The van der Waals surface area contributed by atoms with Gasteiger partial charge in [0.2, 0.25) is 0 Å². The Labute approximate surface area is 225 Å². The molecule has 2 aliphatic heterocycles. The van der Waals surface area contributed by atoms with Gasteiger partial charge in [0.05, 0.1) is 11.3 Å². The normalized spacial score (nSPS) is 16.9. The van der Waals surface area contributed by atoms with E-state index in [1.807, 2.05) is 41.3 Å². The number of likely N-dealkylation sites (tertiary alicyclic amines) is 1. The second kappa shape index (κ2) is 12.7. The summed E-state index contributed by atoms with van der Waals surface area (Å²) in [5.41, 5.74) is 3.07. The van der Waals surface area contributed by atoms with E-state index in [4.69, 9.17) is 24.9 Å². The molecule has 1 spiro atoms. The highest BCUT2D eigenvalue weighted by atomic mass is 19.4. The van der Waals surface area contributed by atoms with Crippen LogP contribution in [0.3, 0.4) is 0 Å². The molecule has 0 aromatic carbocycles. The minimum absolute atomic E-state index is 0.0103. The van der Waals surface area contributed by atoms with Gasteiger partial charge >= 0.3 is 24.3 Å². The van der Waals surface area contributed by atoms with Gasteiger partial charge < -0.3 is 15.1 Å². The molecular formula is C24H29F6N5O5. The summed E-state index contributed by atoms with van der Waals surface area (Å²) in [6.07, 6.45) is -2.39. The van der Waals surface area contributed by atoms with Crippen LogP contribution in [0.1, 0.15) is 54.3 Å². The lowest BCUT2D eigenvalue weighted by atomic mass is 9.72. The number of carbonyl (C=O) groups is 3. The number of piperidine rings is 1. The zero-order valence-electron chi connectivity index (χ0n) is 21.8. The molecule has 4 heterocycles. The lowest BCUT2D eigenvalue weighted by Gasteiger charge is -2.45. The average molecular weight is 582 g/mol. The second-order valence-electron chi connectivity index (χ2n) is 9.65. The molecule has 1 saturated heterocycles. The van der Waals surface area contributed by atoms with Crippen LogP contribution < -0.4 is 0 Å². The van der Waals surface area contributed by atoms with Gasteiger partial charge in [-0.25, -0.2) is 9.59 Å². The number of fused-ring (bicyclic) bond motifs is 2. The fourth-order valence-electron chi connectivity index (χ4n) is 4.29. The predicted octanol–water partition coefficient (Wildman–Crippen LogP) is 3.75. The number of aromatic nitrogens is 3. The Morgan fingerprint density at radius 1 is 1.05 bits per heavy atom. The maximum Gasteiger partial charge on any atom is 0.490 e. The van der Waals surface area contributed by atoms with Crippen LogP contribution in [0.25, 0.3) is 0 Å². The molecule has 0 atom stereocenters. The number of likely N-dealkylation sites (N-methyl/N-ethyl adjacent to an activating group) is 1. The monoisotopic (exact) mass is 581 g/mol. The van der Waals surface area contributed by atoms with E-state index in [1.165, 1.54) is 5.56 Å². The van der Waals surface area contributed by atoms with Crippen molar-refractivity contribution in [3.8, 4) is 0 Å². The van der Waals surface area contributed by atoms with E-state index >= 15 is 0 Å². The van der Waals surface area contributed by atoms with Crippen molar-refractivity contribution in [2.24, 2.45) is 0 Å². The standard InChI is InChI=1S/C20H27N5O.2C2HF3O2/c1-15(2)25-13-17-18(22-25)20(14-23(3)19(17)26)6-9-24(10-7-20)12-16-5-4-8-21-11-16;2*3-2(4,5)1(6)7/h4-5,8,11,13,15H,6-7,9-10,12,14H2,1-3H3;2*(H,6,7). The Bertz CT molecular complexity index is 1150. The summed E-state index contributed by atoms with van der Waals surface area (Å²) in [5, 5.41) is 19.1. The lowest BCUT2D eigenvalue weighted by Crippen LogP contribution is -2.53. The smallest absolute Gasteiger partial charge is 0.475 e. The van der Waals surface area contributed by atoms with Gasteiger partial charge in [0, 0.05) is 50.2 Å². The Hall–Kier alpha value is -3.69. The molecule has 0 radical (unpaired) electrons. The fourth-order valence-corrected chi connectivity index (χ4v) is 4.29. The summed E-state index contributed by atoms with van der Waals surface area (Å²) >= 11 is 0. The molecule has 0 bridgehead atoms. The first-order valence-electron chi connectivity index (χ1n) is 11.9. The number of aliphatic carboxylic acids is 2. The number of hydrogen-bond acceptors (Lipinski definition) is 6. The van der Waals surface area contributed by atoms with Gasteiger partial charge in [-0.05, 0) is 51.4 Å². The third-order valence-electron chi connectivity index (χ3n) is 6.31. The highest BCUT2D eigenvalue weighted by Crippen LogP contribution is 2.41. The van der Waals surface area contributed by atoms with Crippen molar-refractivity contribution in [2.75, 3.05) is 26.7 Å². The molecule has 1 fully saturated rings. The van der Waals surface area contributed by atoms with E-state index in [9.17, 15) is 31.1 Å². The van der Waals surface area contributed by atoms with Crippen molar-refractivity contribution in [3.05, 3.63) is 47.5 Å². The van der Waals surface area contributed by atoms with E-state index in [0.717, 1.165) is 50.3 Å². The van der Waals surface area contributed by atoms with Crippen molar-refractivity contribution < 1.29 is 50.9 Å². The van der Waals surface area contributed by atoms with Crippen molar-refractivity contribution in [1.82, 2.24) is 24.6 Å². The SMILES string of the molecule is CC(C)n1cc2c(n1)C1(CCN(Cc3cccnc3)CC1)CN(C)C2=O.O=C(O)C(F)(F)F.O=C(O)C(F)(F)F. The third kappa shape index (κ3) is 8.40.